The van der Waals surface area contributed by atoms with Gasteiger partial charge in [0.25, 0.3) is 5.91 Å². The molecule has 1 aliphatic rings. The van der Waals surface area contributed by atoms with Crippen molar-refractivity contribution in [3.8, 4) is 5.75 Å². The van der Waals surface area contributed by atoms with Gasteiger partial charge in [-0.05, 0) is 55.3 Å². The molecule has 3 N–H and O–H groups in total. The summed E-state index contributed by atoms with van der Waals surface area (Å²) in [6.45, 7) is 0.531. The maximum absolute atomic E-state index is 12.4. The molecule has 0 saturated heterocycles. The second kappa shape index (κ2) is 7.62. The highest BCUT2D eigenvalue weighted by Gasteiger charge is 2.20. The zero-order valence-corrected chi connectivity index (χ0v) is 13.9. The average Bonchev–Trinajstić information content (AvgIpc) is 3.09. The van der Waals surface area contributed by atoms with E-state index in [9.17, 15) is 4.79 Å². The predicted octanol–water partition coefficient (Wildman–Crippen LogP) is 3.33. The van der Waals surface area contributed by atoms with Gasteiger partial charge >= 0.3 is 0 Å². The molecule has 0 bridgehead atoms. The molecular weight excluding hydrogens is 308 g/mol. The summed E-state index contributed by atoms with van der Waals surface area (Å²) >= 11 is 1.66. The topological polar surface area (TPSA) is 64.3 Å². The predicted molar refractivity (Wildman–Crippen MR) is 92.8 cm³/mol. The molecule has 0 aliphatic heterocycles. The van der Waals surface area contributed by atoms with Gasteiger partial charge in [-0.2, -0.15) is 0 Å². The maximum atomic E-state index is 12.4. The van der Waals surface area contributed by atoms with Gasteiger partial charge in [0.1, 0.15) is 12.4 Å². The van der Waals surface area contributed by atoms with E-state index < -0.39 is 0 Å². The van der Waals surface area contributed by atoms with Crippen LogP contribution in [0.5, 0.6) is 5.75 Å². The second-order valence-corrected chi connectivity index (χ2v) is 7.01. The molecule has 1 heterocycles. The van der Waals surface area contributed by atoms with E-state index in [0.717, 1.165) is 31.4 Å². The number of hydrogen-bond donors (Lipinski definition) is 2. The summed E-state index contributed by atoms with van der Waals surface area (Å²) in [4.78, 5) is 13.5. The lowest BCUT2D eigenvalue weighted by atomic mass is 9.91. The fourth-order valence-electron chi connectivity index (χ4n) is 2.81. The molecule has 0 radical (unpaired) electrons. The van der Waals surface area contributed by atoms with Gasteiger partial charge in [-0.3, -0.25) is 4.79 Å². The van der Waals surface area contributed by atoms with Crippen LogP contribution in [0.25, 0.3) is 0 Å². The summed E-state index contributed by atoms with van der Waals surface area (Å²) in [6.07, 6.45) is 3.88. The Morgan fingerprint density at radius 3 is 2.78 bits per heavy atom. The summed E-state index contributed by atoms with van der Waals surface area (Å²) in [5.74, 6) is 0.684. The molecule has 0 spiro atoms. The summed E-state index contributed by atoms with van der Waals surface area (Å²) in [5.41, 5.74) is 6.55. The number of hydrogen-bond acceptors (Lipinski definition) is 4. The van der Waals surface area contributed by atoms with Crippen molar-refractivity contribution in [2.45, 2.75) is 44.4 Å². The Bertz CT molecular complexity index is 634. The first kappa shape index (κ1) is 16.0. The minimum Gasteiger partial charge on any atom is -0.488 e. The van der Waals surface area contributed by atoms with Crippen molar-refractivity contribution in [2.75, 3.05) is 0 Å². The van der Waals surface area contributed by atoms with Gasteiger partial charge in [-0.25, -0.2) is 0 Å². The van der Waals surface area contributed by atoms with E-state index in [0.29, 0.717) is 12.2 Å². The van der Waals surface area contributed by atoms with Gasteiger partial charge in [0.2, 0.25) is 0 Å². The number of carbonyl (C=O) groups excluding carboxylic acids is 1. The normalized spacial score (nSPS) is 20.9. The number of nitrogens with one attached hydrogen (secondary N) is 1. The molecule has 1 aromatic heterocycles. The van der Waals surface area contributed by atoms with Crippen LogP contribution in [-0.2, 0) is 6.61 Å². The molecule has 1 amide bonds. The van der Waals surface area contributed by atoms with Gasteiger partial charge in [0, 0.05) is 22.5 Å². The van der Waals surface area contributed by atoms with E-state index in [2.05, 4.69) is 5.32 Å². The summed E-state index contributed by atoms with van der Waals surface area (Å²) in [6, 6.07) is 11.9. The van der Waals surface area contributed by atoms with Gasteiger partial charge < -0.3 is 15.8 Å². The first-order valence-corrected chi connectivity index (χ1v) is 8.90. The number of thiophene rings is 1. The highest BCUT2D eigenvalue weighted by Crippen LogP contribution is 2.19. The largest absolute Gasteiger partial charge is 0.488 e. The fraction of sp³-hybridized carbons (Fsp3) is 0.389. The van der Waals surface area contributed by atoms with Crippen LogP contribution < -0.4 is 15.8 Å². The van der Waals surface area contributed by atoms with E-state index in [4.69, 9.17) is 10.5 Å². The number of ether oxygens (including phenoxy) is 1. The highest BCUT2D eigenvalue weighted by molar-refractivity contribution is 7.09. The highest BCUT2D eigenvalue weighted by atomic mass is 32.1. The maximum Gasteiger partial charge on any atom is 0.251 e. The molecular formula is C18H22N2O2S. The van der Waals surface area contributed by atoms with E-state index in [1.54, 1.807) is 17.4 Å². The minimum absolute atomic E-state index is 0.0351. The summed E-state index contributed by atoms with van der Waals surface area (Å²) < 4.78 is 5.76. The van der Waals surface area contributed by atoms with Crippen molar-refractivity contribution in [2.24, 2.45) is 5.73 Å². The average molecular weight is 330 g/mol. The van der Waals surface area contributed by atoms with Crippen LogP contribution in [0.1, 0.15) is 40.9 Å². The lowest BCUT2D eigenvalue weighted by Crippen LogP contribution is -2.40. The van der Waals surface area contributed by atoms with Crippen molar-refractivity contribution >= 4 is 17.2 Å². The van der Waals surface area contributed by atoms with Gasteiger partial charge in [0.05, 0.1) is 0 Å². The molecule has 122 valence electrons. The van der Waals surface area contributed by atoms with Crippen molar-refractivity contribution in [3.05, 3.63) is 52.2 Å². The Labute approximate surface area is 140 Å². The van der Waals surface area contributed by atoms with Gasteiger partial charge in [-0.15, -0.1) is 11.3 Å². The summed E-state index contributed by atoms with van der Waals surface area (Å²) in [5, 5.41) is 5.13. The molecule has 5 heteroatoms. The number of amides is 1. The number of rotatable bonds is 5. The van der Waals surface area contributed by atoms with Crippen LogP contribution in [0.4, 0.5) is 0 Å². The lowest BCUT2D eigenvalue weighted by molar-refractivity contribution is 0.0925. The quantitative estimate of drug-likeness (QED) is 0.884. The smallest absolute Gasteiger partial charge is 0.251 e. The molecule has 4 nitrogen and oxygen atoms in total. The standard InChI is InChI=1S/C18H22N2O2S/c19-14-6-8-15(9-7-14)20-18(21)13-3-1-4-16(11-13)22-12-17-5-2-10-23-17/h1-5,10-11,14-15H,6-9,12,19H2,(H,20,21). The van der Waals surface area contributed by atoms with Crippen LogP contribution in [0.2, 0.25) is 0 Å². The van der Waals surface area contributed by atoms with Gasteiger partial charge in [-0.1, -0.05) is 12.1 Å². The van der Waals surface area contributed by atoms with Crippen LogP contribution >= 0.6 is 11.3 Å². The molecule has 1 fully saturated rings. The first-order chi connectivity index (χ1) is 11.2. The first-order valence-electron chi connectivity index (χ1n) is 8.02. The van der Waals surface area contributed by atoms with Crippen molar-refractivity contribution < 1.29 is 9.53 Å². The van der Waals surface area contributed by atoms with Crippen molar-refractivity contribution in [1.29, 1.82) is 0 Å². The molecule has 0 atom stereocenters. The third kappa shape index (κ3) is 4.56. The molecule has 1 aromatic carbocycles. The lowest BCUT2D eigenvalue weighted by Gasteiger charge is -2.26. The van der Waals surface area contributed by atoms with Crippen LogP contribution in [-0.4, -0.2) is 18.0 Å². The molecule has 0 unspecified atom stereocenters. The Balaban J connectivity index is 1.56. The Morgan fingerprint density at radius 1 is 1.22 bits per heavy atom. The van der Waals surface area contributed by atoms with E-state index in [1.807, 2.05) is 35.7 Å². The number of benzene rings is 1. The number of nitrogens with two attached hydrogens (primary N) is 1. The van der Waals surface area contributed by atoms with Crippen LogP contribution in [0, 0.1) is 0 Å². The molecule has 1 saturated carbocycles. The molecule has 23 heavy (non-hydrogen) atoms. The van der Waals surface area contributed by atoms with Crippen LogP contribution in [0.15, 0.2) is 41.8 Å². The Hall–Kier alpha value is -1.85. The molecule has 2 aromatic rings. The third-order valence-electron chi connectivity index (χ3n) is 4.16. The monoisotopic (exact) mass is 330 g/mol. The Kier molecular flexibility index (Phi) is 5.31. The zero-order valence-electron chi connectivity index (χ0n) is 13.0. The number of carbonyl (C=O) groups is 1. The fourth-order valence-corrected chi connectivity index (χ4v) is 3.42. The molecule has 1 aliphatic carbocycles. The van der Waals surface area contributed by atoms with E-state index in [1.165, 1.54) is 4.88 Å². The minimum atomic E-state index is -0.0351. The zero-order chi connectivity index (χ0) is 16.1. The van der Waals surface area contributed by atoms with Crippen LogP contribution in [0.3, 0.4) is 0 Å². The molecule has 3 rings (SSSR count). The van der Waals surface area contributed by atoms with E-state index in [-0.39, 0.29) is 18.0 Å². The SMILES string of the molecule is NC1CCC(NC(=O)c2cccc(OCc3cccs3)c2)CC1. The van der Waals surface area contributed by atoms with Gasteiger partial charge in [0.15, 0.2) is 0 Å². The van der Waals surface area contributed by atoms with E-state index >= 15 is 0 Å². The Morgan fingerprint density at radius 2 is 2.04 bits per heavy atom. The summed E-state index contributed by atoms with van der Waals surface area (Å²) in [7, 11) is 0. The second-order valence-electron chi connectivity index (χ2n) is 5.98. The van der Waals surface area contributed by atoms with Crippen molar-refractivity contribution in [3.63, 3.8) is 0 Å². The van der Waals surface area contributed by atoms with Crippen molar-refractivity contribution in [1.82, 2.24) is 5.32 Å². The third-order valence-corrected chi connectivity index (χ3v) is 5.01.